The Labute approximate surface area is 99.8 Å². The lowest BCUT2D eigenvalue weighted by molar-refractivity contribution is 0.188. The molecule has 92 valence electrons. The highest BCUT2D eigenvalue weighted by Crippen LogP contribution is 2.09. The summed E-state index contributed by atoms with van der Waals surface area (Å²) in [6.45, 7) is 1.75. The standard InChI is InChI=1S/C12H16N2O3/c15-11-3-1-9(2-4-11)7-13-12(16)14-10-5-6-17-8-10/h1-4,10,15H,5-8H2,(H2,13,14,16). The predicted octanol–water partition coefficient (Wildman–Crippen LogP) is 0.980. The molecule has 1 heterocycles. The monoisotopic (exact) mass is 236 g/mol. The maximum Gasteiger partial charge on any atom is 0.315 e. The Balaban J connectivity index is 1.73. The van der Waals surface area contributed by atoms with Gasteiger partial charge in [0.1, 0.15) is 5.75 Å². The normalized spacial score (nSPS) is 18.9. The van der Waals surface area contributed by atoms with Gasteiger partial charge in [-0.1, -0.05) is 12.1 Å². The van der Waals surface area contributed by atoms with Crippen LogP contribution in [0.4, 0.5) is 4.79 Å². The lowest BCUT2D eigenvalue weighted by atomic mass is 10.2. The number of benzene rings is 1. The number of urea groups is 1. The van der Waals surface area contributed by atoms with E-state index in [2.05, 4.69) is 10.6 Å². The van der Waals surface area contributed by atoms with Crippen LogP contribution >= 0.6 is 0 Å². The molecule has 0 aromatic heterocycles. The van der Waals surface area contributed by atoms with Crippen molar-refractivity contribution < 1.29 is 14.6 Å². The van der Waals surface area contributed by atoms with Crippen LogP contribution in [0.15, 0.2) is 24.3 Å². The average Bonchev–Trinajstić information content (AvgIpc) is 2.81. The molecule has 5 heteroatoms. The number of ether oxygens (including phenoxy) is 1. The Morgan fingerprint density at radius 3 is 2.82 bits per heavy atom. The summed E-state index contributed by atoms with van der Waals surface area (Å²) in [7, 11) is 0. The molecule has 0 radical (unpaired) electrons. The van der Waals surface area contributed by atoms with Crippen molar-refractivity contribution in [2.24, 2.45) is 0 Å². The van der Waals surface area contributed by atoms with E-state index in [9.17, 15) is 4.79 Å². The Morgan fingerprint density at radius 1 is 1.41 bits per heavy atom. The molecule has 1 fully saturated rings. The SMILES string of the molecule is O=C(NCc1ccc(O)cc1)NC1CCOC1. The third-order valence-corrected chi connectivity index (χ3v) is 2.65. The van der Waals surface area contributed by atoms with Crippen molar-refractivity contribution in [2.45, 2.75) is 19.0 Å². The highest BCUT2D eigenvalue weighted by molar-refractivity contribution is 5.74. The molecule has 1 saturated heterocycles. The number of rotatable bonds is 3. The maximum absolute atomic E-state index is 11.5. The Kier molecular flexibility index (Phi) is 3.82. The highest BCUT2D eigenvalue weighted by atomic mass is 16.5. The summed E-state index contributed by atoms with van der Waals surface area (Å²) in [5.41, 5.74) is 0.945. The number of phenolic OH excluding ortho intramolecular Hbond substituents is 1. The molecule has 17 heavy (non-hydrogen) atoms. The fraction of sp³-hybridized carbons (Fsp3) is 0.417. The van der Waals surface area contributed by atoms with Crippen LogP contribution in [0, 0.1) is 0 Å². The van der Waals surface area contributed by atoms with Crippen molar-refractivity contribution >= 4 is 6.03 Å². The zero-order valence-electron chi connectivity index (χ0n) is 9.48. The van der Waals surface area contributed by atoms with Gasteiger partial charge in [-0.15, -0.1) is 0 Å². The molecule has 2 amide bonds. The van der Waals surface area contributed by atoms with Gasteiger partial charge in [-0.25, -0.2) is 4.79 Å². The second-order valence-electron chi connectivity index (χ2n) is 4.05. The summed E-state index contributed by atoms with van der Waals surface area (Å²) in [5, 5.41) is 14.7. The molecule has 1 aliphatic heterocycles. The van der Waals surface area contributed by atoms with E-state index >= 15 is 0 Å². The molecular weight excluding hydrogens is 220 g/mol. The molecule has 0 aliphatic carbocycles. The maximum atomic E-state index is 11.5. The fourth-order valence-electron chi connectivity index (χ4n) is 1.68. The number of nitrogens with one attached hydrogen (secondary N) is 2. The number of aromatic hydroxyl groups is 1. The smallest absolute Gasteiger partial charge is 0.315 e. The number of carbonyl (C=O) groups is 1. The van der Waals surface area contributed by atoms with E-state index < -0.39 is 0 Å². The summed E-state index contributed by atoms with van der Waals surface area (Å²) in [4.78, 5) is 11.5. The van der Waals surface area contributed by atoms with Gasteiger partial charge in [0.25, 0.3) is 0 Å². The third kappa shape index (κ3) is 3.64. The van der Waals surface area contributed by atoms with E-state index in [1.807, 2.05) is 0 Å². The van der Waals surface area contributed by atoms with Crippen molar-refractivity contribution in [2.75, 3.05) is 13.2 Å². The molecule has 1 atom stereocenters. The van der Waals surface area contributed by atoms with E-state index in [0.717, 1.165) is 12.0 Å². The molecule has 1 aromatic rings. The Hall–Kier alpha value is -1.75. The topological polar surface area (TPSA) is 70.6 Å². The van der Waals surface area contributed by atoms with E-state index in [-0.39, 0.29) is 17.8 Å². The highest BCUT2D eigenvalue weighted by Gasteiger charge is 2.17. The van der Waals surface area contributed by atoms with Crippen LogP contribution in [0.1, 0.15) is 12.0 Å². The van der Waals surface area contributed by atoms with Crippen molar-refractivity contribution in [3.8, 4) is 5.75 Å². The van der Waals surface area contributed by atoms with Crippen molar-refractivity contribution in [1.29, 1.82) is 0 Å². The minimum atomic E-state index is -0.187. The van der Waals surface area contributed by atoms with Gasteiger partial charge in [-0.2, -0.15) is 0 Å². The fourth-order valence-corrected chi connectivity index (χ4v) is 1.68. The molecule has 0 spiro atoms. The quantitative estimate of drug-likeness (QED) is 0.732. The first-order chi connectivity index (χ1) is 8.24. The first-order valence-electron chi connectivity index (χ1n) is 5.64. The molecule has 0 saturated carbocycles. The summed E-state index contributed by atoms with van der Waals surface area (Å²) >= 11 is 0. The Bertz CT molecular complexity index is 372. The largest absolute Gasteiger partial charge is 0.508 e. The molecule has 0 bridgehead atoms. The predicted molar refractivity (Wildman–Crippen MR) is 62.7 cm³/mol. The minimum Gasteiger partial charge on any atom is -0.508 e. The lowest BCUT2D eigenvalue weighted by Gasteiger charge is -2.11. The molecule has 3 N–H and O–H groups in total. The van der Waals surface area contributed by atoms with Crippen LogP contribution in [0.2, 0.25) is 0 Å². The zero-order chi connectivity index (χ0) is 12.1. The van der Waals surface area contributed by atoms with Gasteiger partial charge < -0.3 is 20.5 Å². The molecule has 1 aliphatic rings. The zero-order valence-corrected chi connectivity index (χ0v) is 9.48. The van der Waals surface area contributed by atoms with Crippen LogP contribution < -0.4 is 10.6 Å². The van der Waals surface area contributed by atoms with E-state index in [1.54, 1.807) is 24.3 Å². The van der Waals surface area contributed by atoms with Gasteiger partial charge in [0, 0.05) is 13.2 Å². The van der Waals surface area contributed by atoms with Crippen LogP contribution in [0.5, 0.6) is 5.75 Å². The van der Waals surface area contributed by atoms with E-state index in [4.69, 9.17) is 9.84 Å². The number of hydrogen-bond acceptors (Lipinski definition) is 3. The second kappa shape index (κ2) is 5.54. The van der Waals surface area contributed by atoms with Crippen LogP contribution in [-0.2, 0) is 11.3 Å². The summed E-state index contributed by atoms with van der Waals surface area (Å²) < 4.78 is 5.16. The number of amides is 2. The molecule has 1 unspecified atom stereocenters. The Morgan fingerprint density at radius 2 is 2.18 bits per heavy atom. The minimum absolute atomic E-state index is 0.120. The van der Waals surface area contributed by atoms with Gasteiger partial charge in [-0.3, -0.25) is 0 Å². The lowest BCUT2D eigenvalue weighted by Crippen LogP contribution is -2.42. The number of hydrogen-bond donors (Lipinski definition) is 3. The summed E-state index contributed by atoms with van der Waals surface area (Å²) in [6.07, 6.45) is 0.868. The van der Waals surface area contributed by atoms with E-state index in [1.165, 1.54) is 0 Å². The first kappa shape index (κ1) is 11.7. The van der Waals surface area contributed by atoms with Crippen LogP contribution in [0.25, 0.3) is 0 Å². The summed E-state index contributed by atoms with van der Waals surface area (Å²) in [5.74, 6) is 0.223. The second-order valence-corrected chi connectivity index (χ2v) is 4.05. The number of phenols is 1. The van der Waals surface area contributed by atoms with Crippen LogP contribution in [-0.4, -0.2) is 30.4 Å². The van der Waals surface area contributed by atoms with Crippen molar-refractivity contribution in [3.63, 3.8) is 0 Å². The van der Waals surface area contributed by atoms with Crippen LogP contribution in [0.3, 0.4) is 0 Å². The van der Waals surface area contributed by atoms with Crippen molar-refractivity contribution in [3.05, 3.63) is 29.8 Å². The molecule has 5 nitrogen and oxygen atoms in total. The average molecular weight is 236 g/mol. The van der Waals surface area contributed by atoms with Crippen molar-refractivity contribution in [1.82, 2.24) is 10.6 Å². The van der Waals surface area contributed by atoms with Gasteiger partial charge >= 0.3 is 6.03 Å². The third-order valence-electron chi connectivity index (χ3n) is 2.65. The van der Waals surface area contributed by atoms with Gasteiger partial charge in [-0.05, 0) is 24.1 Å². The van der Waals surface area contributed by atoms with Gasteiger partial charge in [0.15, 0.2) is 0 Å². The molecular formula is C12H16N2O3. The summed E-state index contributed by atoms with van der Waals surface area (Å²) in [6, 6.07) is 6.67. The van der Waals surface area contributed by atoms with Gasteiger partial charge in [0.05, 0.1) is 12.6 Å². The van der Waals surface area contributed by atoms with Gasteiger partial charge in [0.2, 0.25) is 0 Å². The first-order valence-corrected chi connectivity index (χ1v) is 5.64. The molecule has 1 aromatic carbocycles. The molecule has 2 rings (SSSR count). The number of carbonyl (C=O) groups excluding carboxylic acids is 1. The van der Waals surface area contributed by atoms with E-state index in [0.29, 0.717) is 19.8 Å².